The lowest BCUT2D eigenvalue weighted by Gasteiger charge is -2.26. The highest BCUT2D eigenvalue weighted by molar-refractivity contribution is 7.89. The fourth-order valence-electron chi connectivity index (χ4n) is 3.70. The number of aromatic nitrogens is 1. The normalized spacial score (nSPS) is 15.6. The number of hydrogen-bond donors (Lipinski definition) is 0. The lowest BCUT2D eigenvalue weighted by molar-refractivity contribution is 0.346. The average molecular weight is 396 g/mol. The molecule has 0 unspecified atom stereocenters. The van der Waals surface area contributed by atoms with Crippen molar-refractivity contribution in [2.75, 3.05) is 25.0 Å². The van der Waals surface area contributed by atoms with E-state index < -0.39 is 10.0 Å². The third-order valence-electron chi connectivity index (χ3n) is 5.30. The minimum atomic E-state index is -3.44. The van der Waals surface area contributed by atoms with Crippen LogP contribution in [0.25, 0.3) is 10.8 Å². The molecule has 0 N–H and O–H groups in total. The van der Waals surface area contributed by atoms with E-state index in [2.05, 4.69) is 35.3 Å². The van der Waals surface area contributed by atoms with Crippen LogP contribution < -0.4 is 4.90 Å². The molecule has 1 aromatic heterocycles. The van der Waals surface area contributed by atoms with Crippen LogP contribution in [0.4, 0.5) is 5.82 Å². The molecule has 3 aromatic rings. The maximum atomic E-state index is 12.8. The maximum absolute atomic E-state index is 12.8. The van der Waals surface area contributed by atoms with Crippen molar-refractivity contribution in [2.45, 2.75) is 30.7 Å². The van der Waals surface area contributed by atoms with E-state index in [0.29, 0.717) is 19.6 Å². The molecular formula is C22H25N3O2S. The van der Waals surface area contributed by atoms with E-state index in [9.17, 15) is 8.42 Å². The summed E-state index contributed by atoms with van der Waals surface area (Å²) in [5.41, 5.74) is 1.19. The first kappa shape index (κ1) is 18.9. The summed E-state index contributed by atoms with van der Waals surface area (Å²) in [6, 6.07) is 18.2. The molecule has 1 aliphatic rings. The van der Waals surface area contributed by atoms with Crippen LogP contribution in [0.15, 0.2) is 65.7 Å². The summed E-state index contributed by atoms with van der Waals surface area (Å²) >= 11 is 0. The Bertz CT molecular complexity index is 1060. The molecule has 2 heterocycles. The highest BCUT2D eigenvalue weighted by Crippen LogP contribution is 2.22. The van der Waals surface area contributed by atoms with Crippen LogP contribution >= 0.6 is 0 Å². The molecule has 1 fully saturated rings. The summed E-state index contributed by atoms with van der Waals surface area (Å²) in [7, 11) is -1.47. The second kappa shape index (κ2) is 7.89. The summed E-state index contributed by atoms with van der Waals surface area (Å²) < 4.78 is 27.1. The third kappa shape index (κ3) is 3.88. The van der Waals surface area contributed by atoms with Gasteiger partial charge in [0.15, 0.2) is 0 Å². The predicted octanol–water partition coefficient (Wildman–Crippen LogP) is 4.05. The molecule has 1 aliphatic heterocycles. The molecule has 146 valence electrons. The first-order chi connectivity index (χ1) is 13.5. The lowest BCUT2D eigenvalue weighted by atomic mass is 10.1. The number of fused-ring (bicyclic) bond motifs is 1. The number of benzene rings is 2. The Hall–Kier alpha value is -2.44. The first-order valence-electron chi connectivity index (χ1n) is 9.69. The second-order valence-corrected chi connectivity index (χ2v) is 9.29. The SMILES string of the molecule is CN(Cc1ccc2ccccc2c1)c1ccc(S(=O)(=O)N2CCCCC2)cn1. The molecule has 0 bridgehead atoms. The topological polar surface area (TPSA) is 53.5 Å². The zero-order valence-corrected chi connectivity index (χ0v) is 16.9. The van der Waals surface area contributed by atoms with Crippen LogP contribution in [0, 0.1) is 0 Å². The van der Waals surface area contributed by atoms with Gasteiger partial charge in [-0.3, -0.25) is 0 Å². The van der Waals surface area contributed by atoms with Gasteiger partial charge in [-0.2, -0.15) is 4.31 Å². The van der Waals surface area contributed by atoms with Gasteiger partial charge in [-0.15, -0.1) is 0 Å². The first-order valence-corrected chi connectivity index (χ1v) is 11.1. The number of hydrogen-bond acceptors (Lipinski definition) is 4. The summed E-state index contributed by atoms with van der Waals surface area (Å²) in [5, 5.41) is 2.43. The van der Waals surface area contributed by atoms with Crippen LogP contribution in [0.1, 0.15) is 24.8 Å². The fourth-order valence-corrected chi connectivity index (χ4v) is 5.16. The molecule has 5 nitrogen and oxygen atoms in total. The molecule has 0 saturated carbocycles. The van der Waals surface area contributed by atoms with Crippen molar-refractivity contribution < 1.29 is 8.42 Å². The highest BCUT2D eigenvalue weighted by Gasteiger charge is 2.26. The van der Waals surface area contributed by atoms with Gasteiger partial charge in [0, 0.05) is 32.9 Å². The number of sulfonamides is 1. The van der Waals surface area contributed by atoms with Gasteiger partial charge in [-0.1, -0.05) is 42.8 Å². The Morgan fingerprint density at radius 2 is 1.71 bits per heavy atom. The smallest absolute Gasteiger partial charge is 0.244 e. The third-order valence-corrected chi connectivity index (χ3v) is 7.18. The largest absolute Gasteiger partial charge is 0.355 e. The zero-order chi connectivity index (χ0) is 19.6. The number of piperidine rings is 1. The van der Waals surface area contributed by atoms with Gasteiger partial charge in [0.1, 0.15) is 10.7 Å². The molecule has 0 spiro atoms. The predicted molar refractivity (Wildman–Crippen MR) is 113 cm³/mol. The zero-order valence-electron chi connectivity index (χ0n) is 16.1. The van der Waals surface area contributed by atoms with Gasteiger partial charge >= 0.3 is 0 Å². The Kier molecular flexibility index (Phi) is 5.33. The summed E-state index contributed by atoms with van der Waals surface area (Å²) in [4.78, 5) is 6.72. The van der Waals surface area contributed by atoms with E-state index in [1.807, 2.05) is 24.1 Å². The van der Waals surface area contributed by atoms with Gasteiger partial charge < -0.3 is 4.90 Å². The van der Waals surface area contributed by atoms with Crippen LogP contribution in [-0.2, 0) is 16.6 Å². The van der Waals surface area contributed by atoms with E-state index in [1.165, 1.54) is 22.5 Å². The number of anilines is 1. The standard InChI is InChI=1S/C22H25N3O2S/c1-24(17-18-9-10-19-7-3-4-8-20(19)15-18)22-12-11-21(16-23-22)28(26,27)25-13-5-2-6-14-25/h3-4,7-12,15-16H,2,5-6,13-14,17H2,1H3. The summed E-state index contributed by atoms with van der Waals surface area (Å²) in [5.74, 6) is 0.755. The minimum absolute atomic E-state index is 0.275. The van der Waals surface area contributed by atoms with E-state index >= 15 is 0 Å². The van der Waals surface area contributed by atoms with Crippen LogP contribution in [0.2, 0.25) is 0 Å². The van der Waals surface area contributed by atoms with Gasteiger partial charge in [-0.05, 0) is 47.4 Å². The van der Waals surface area contributed by atoms with Crippen molar-refractivity contribution in [3.05, 3.63) is 66.4 Å². The summed E-state index contributed by atoms with van der Waals surface area (Å²) in [6.07, 6.45) is 4.44. The average Bonchev–Trinajstić information content (AvgIpc) is 2.74. The molecular weight excluding hydrogens is 370 g/mol. The molecule has 28 heavy (non-hydrogen) atoms. The van der Waals surface area contributed by atoms with Crippen molar-refractivity contribution in [1.82, 2.24) is 9.29 Å². The van der Waals surface area contributed by atoms with Gasteiger partial charge in [0.2, 0.25) is 10.0 Å². The molecule has 2 aromatic carbocycles. The van der Waals surface area contributed by atoms with Crippen molar-refractivity contribution >= 4 is 26.6 Å². The van der Waals surface area contributed by atoms with Crippen molar-refractivity contribution in [2.24, 2.45) is 0 Å². The number of nitrogens with zero attached hydrogens (tertiary/aromatic N) is 3. The Morgan fingerprint density at radius 3 is 2.43 bits per heavy atom. The van der Waals surface area contributed by atoms with Crippen molar-refractivity contribution in [1.29, 1.82) is 0 Å². The van der Waals surface area contributed by atoms with Crippen molar-refractivity contribution in [3.63, 3.8) is 0 Å². The van der Waals surface area contributed by atoms with Crippen molar-refractivity contribution in [3.8, 4) is 0 Å². The molecule has 0 aliphatic carbocycles. The Labute approximate surface area is 166 Å². The lowest BCUT2D eigenvalue weighted by Crippen LogP contribution is -2.35. The van der Waals surface area contributed by atoms with E-state index in [1.54, 1.807) is 16.4 Å². The summed E-state index contributed by atoms with van der Waals surface area (Å²) in [6.45, 7) is 1.91. The van der Waals surface area contributed by atoms with Crippen LogP contribution in [0.5, 0.6) is 0 Å². The second-order valence-electron chi connectivity index (χ2n) is 7.35. The van der Waals surface area contributed by atoms with Gasteiger partial charge in [-0.25, -0.2) is 13.4 Å². The molecule has 6 heteroatoms. The maximum Gasteiger partial charge on any atom is 0.244 e. The monoisotopic (exact) mass is 395 g/mol. The highest BCUT2D eigenvalue weighted by atomic mass is 32.2. The molecule has 0 radical (unpaired) electrons. The minimum Gasteiger partial charge on any atom is -0.355 e. The van der Waals surface area contributed by atoms with Crippen LogP contribution in [-0.4, -0.2) is 37.8 Å². The molecule has 0 atom stereocenters. The van der Waals surface area contributed by atoms with Crippen LogP contribution in [0.3, 0.4) is 0 Å². The molecule has 4 rings (SSSR count). The quantitative estimate of drug-likeness (QED) is 0.654. The number of rotatable bonds is 5. The number of pyridine rings is 1. The fraction of sp³-hybridized carbons (Fsp3) is 0.318. The molecule has 1 saturated heterocycles. The Morgan fingerprint density at radius 1 is 0.964 bits per heavy atom. The molecule has 0 amide bonds. The van der Waals surface area contributed by atoms with E-state index in [0.717, 1.165) is 25.1 Å². The van der Waals surface area contributed by atoms with E-state index in [-0.39, 0.29) is 4.90 Å². The van der Waals surface area contributed by atoms with E-state index in [4.69, 9.17) is 0 Å². The van der Waals surface area contributed by atoms with Gasteiger partial charge in [0.05, 0.1) is 0 Å². The Balaban J connectivity index is 1.49. The van der Waals surface area contributed by atoms with Gasteiger partial charge in [0.25, 0.3) is 0 Å².